The molecule has 0 N–H and O–H groups in total. The maximum absolute atomic E-state index is 6.05. The summed E-state index contributed by atoms with van der Waals surface area (Å²) < 4.78 is 12.1. The molecule has 1 heterocycles. The van der Waals surface area contributed by atoms with Crippen molar-refractivity contribution in [2.45, 2.75) is 65.1 Å². The quantitative estimate of drug-likeness (QED) is 0.774. The van der Waals surface area contributed by atoms with Crippen LogP contribution in [-0.2, 0) is 9.31 Å². The maximum Gasteiger partial charge on any atom is 0.494 e. The Bertz CT molecular complexity index is 421. The lowest BCUT2D eigenvalue weighted by molar-refractivity contribution is 0.00578. The van der Waals surface area contributed by atoms with E-state index in [4.69, 9.17) is 9.31 Å². The van der Waals surface area contributed by atoms with Crippen molar-refractivity contribution < 1.29 is 9.31 Å². The summed E-state index contributed by atoms with van der Waals surface area (Å²) in [6, 6.07) is 8.64. The summed E-state index contributed by atoms with van der Waals surface area (Å²) >= 11 is 0. The molecule has 1 aromatic carbocycles. The van der Waals surface area contributed by atoms with Crippen LogP contribution in [0.2, 0.25) is 0 Å². The SMILES string of the molecule is CC[C@@H](C)c1ccc(B2OC(C)(C)C(C)(C)O2)cc1. The van der Waals surface area contributed by atoms with Crippen molar-refractivity contribution in [2.24, 2.45) is 0 Å². The van der Waals surface area contributed by atoms with Crippen LogP contribution in [0.4, 0.5) is 0 Å². The first-order valence-electron chi connectivity index (χ1n) is 7.22. The number of hydrogen-bond donors (Lipinski definition) is 0. The molecule has 0 saturated carbocycles. The van der Waals surface area contributed by atoms with Crippen molar-refractivity contribution in [3.63, 3.8) is 0 Å². The van der Waals surface area contributed by atoms with E-state index in [1.54, 1.807) is 0 Å². The molecule has 0 radical (unpaired) electrons. The molecule has 0 spiro atoms. The normalized spacial score (nSPS) is 22.5. The van der Waals surface area contributed by atoms with Gasteiger partial charge in [-0.05, 0) is 51.1 Å². The summed E-state index contributed by atoms with van der Waals surface area (Å²) in [5.41, 5.74) is 1.94. The van der Waals surface area contributed by atoms with Crippen LogP contribution in [0.3, 0.4) is 0 Å². The van der Waals surface area contributed by atoms with Crippen LogP contribution < -0.4 is 5.46 Å². The van der Waals surface area contributed by atoms with E-state index in [0.29, 0.717) is 5.92 Å². The van der Waals surface area contributed by atoms with Gasteiger partial charge in [-0.1, -0.05) is 38.1 Å². The van der Waals surface area contributed by atoms with Gasteiger partial charge in [-0.25, -0.2) is 0 Å². The molecule has 0 aliphatic carbocycles. The highest BCUT2D eigenvalue weighted by Crippen LogP contribution is 2.36. The molecule has 0 bridgehead atoms. The molecule has 0 unspecified atom stereocenters. The van der Waals surface area contributed by atoms with Gasteiger partial charge in [0.25, 0.3) is 0 Å². The van der Waals surface area contributed by atoms with Crippen LogP contribution in [0.1, 0.15) is 59.4 Å². The third kappa shape index (κ3) is 2.73. The topological polar surface area (TPSA) is 18.5 Å². The third-order valence-electron chi connectivity index (χ3n) is 4.64. The standard InChI is InChI=1S/C16H25BO2/c1-7-12(2)13-8-10-14(11-9-13)17-18-15(3,4)16(5,6)19-17/h8-12H,7H2,1-6H3/t12-/m1/s1. The molecule has 3 heteroatoms. The highest BCUT2D eigenvalue weighted by molar-refractivity contribution is 6.62. The van der Waals surface area contributed by atoms with E-state index in [1.165, 1.54) is 5.56 Å². The molecule has 0 amide bonds. The molecule has 2 rings (SSSR count). The highest BCUT2D eigenvalue weighted by atomic mass is 16.7. The Labute approximate surface area is 117 Å². The predicted molar refractivity (Wildman–Crippen MR) is 80.9 cm³/mol. The second-order valence-corrected chi connectivity index (χ2v) is 6.56. The van der Waals surface area contributed by atoms with Gasteiger partial charge in [-0.3, -0.25) is 0 Å². The monoisotopic (exact) mass is 260 g/mol. The lowest BCUT2D eigenvalue weighted by Crippen LogP contribution is -2.41. The number of hydrogen-bond acceptors (Lipinski definition) is 2. The van der Waals surface area contributed by atoms with E-state index in [0.717, 1.165) is 11.9 Å². The molecule has 2 nitrogen and oxygen atoms in total. The van der Waals surface area contributed by atoms with Crippen LogP contribution in [0.15, 0.2) is 24.3 Å². The van der Waals surface area contributed by atoms with Crippen molar-refractivity contribution in [1.82, 2.24) is 0 Å². The maximum atomic E-state index is 6.05. The zero-order valence-electron chi connectivity index (χ0n) is 13.0. The molecule has 0 aromatic heterocycles. The van der Waals surface area contributed by atoms with Crippen LogP contribution in [0, 0.1) is 0 Å². The fourth-order valence-electron chi connectivity index (χ4n) is 2.20. The highest BCUT2D eigenvalue weighted by Gasteiger charge is 2.51. The fraction of sp³-hybridized carbons (Fsp3) is 0.625. The molecule has 104 valence electrons. The predicted octanol–water partition coefficient (Wildman–Crippen LogP) is 3.50. The molecule has 1 aliphatic rings. The van der Waals surface area contributed by atoms with Gasteiger partial charge in [-0.15, -0.1) is 0 Å². The van der Waals surface area contributed by atoms with Crippen LogP contribution >= 0.6 is 0 Å². The van der Waals surface area contributed by atoms with E-state index >= 15 is 0 Å². The first-order valence-corrected chi connectivity index (χ1v) is 7.22. The number of rotatable bonds is 3. The zero-order chi connectivity index (χ0) is 14.3. The second-order valence-electron chi connectivity index (χ2n) is 6.56. The van der Waals surface area contributed by atoms with Gasteiger partial charge in [-0.2, -0.15) is 0 Å². The first kappa shape index (κ1) is 14.6. The average molecular weight is 260 g/mol. The Hall–Kier alpha value is -0.795. The van der Waals surface area contributed by atoms with Gasteiger partial charge >= 0.3 is 7.12 Å². The summed E-state index contributed by atoms with van der Waals surface area (Å²) in [5, 5.41) is 0. The second kappa shape index (κ2) is 4.95. The first-order chi connectivity index (χ1) is 8.77. The molecule has 1 fully saturated rings. The molecule has 1 saturated heterocycles. The minimum absolute atomic E-state index is 0.254. The molecular weight excluding hydrogens is 235 g/mol. The van der Waals surface area contributed by atoms with Crippen molar-refractivity contribution in [2.75, 3.05) is 0 Å². The summed E-state index contributed by atoms with van der Waals surface area (Å²) in [6.07, 6.45) is 1.16. The van der Waals surface area contributed by atoms with Crippen LogP contribution in [-0.4, -0.2) is 18.3 Å². The minimum atomic E-state index is -0.271. The zero-order valence-corrected chi connectivity index (χ0v) is 13.0. The molecule has 1 aliphatic heterocycles. The fourth-order valence-corrected chi connectivity index (χ4v) is 2.20. The largest absolute Gasteiger partial charge is 0.494 e. The van der Waals surface area contributed by atoms with Crippen molar-refractivity contribution in [3.8, 4) is 0 Å². The van der Waals surface area contributed by atoms with Crippen molar-refractivity contribution in [3.05, 3.63) is 29.8 Å². The van der Waals surface area contributed by atoms with E-state index in [9.17, 15) is 0 Å². The van der Waals surface area contributed by atoms with Gasteiger partial charge in [0.05, 0.1) is 11.2 Å². The Morgan fingerprint density at radius 2 is 1.47 bits per heavy atom. The summed E-state index contributed by atoms with van der Waals surface area (Å²) in [6.45, 7) is 12.8. The Morgan fingerprint density at radius 1 is 1.00 bits per heavy atom. The minimum Gasteiger partial charge on any atom is -0.399 e. The van der Waals surface area contributed by atoms with Crippen LogP contribution in [0.25, 0.3) is 0 Å². The lowest BCUT2D eigenvalue weighted by atomic mass is 9.78. The van der Waals surface area contributed by atoms with Crippen LogP contribution in [0.5, 0.6) is 0 Å². The Kier molecular flexibility index (Phi) is 3.81. The Balaban J connectivity index is 2.17. The number of benzene rings is 1. The smallest absolute Gasteiger partial charge is 0.399 e. The summed E-state index contributed by atoms with van der Waals surface area (Å²) in [4.78, 5) is 0. The molecule has 1 atom stereocenters. The van der Waals surface area contributed by atoms with E-state index in [-0.39, 0.29) is 18.3 Å². The Morgan fingerprint density at radius 3 is 1.89 bits per heavy atom. The van der Waals surface area contributed by atoms with E-state index < -0.39 is 0 Å². The third-order valence-corrected chi connectivity index (χ3v) is 4.64. The van der Waals surface area contributed by atoms with E-state index in [2.05, 4.69) is 65.8 Å². The van der Waals surface area contributed by atoms with Gasteiger partial charge in [0.15, 0.2) is 0 Å². The van der Waals surface area contributed by atoms with Gasteiger partial charge in [0.1, 0.15) is 0 Å². The molecular formula is C16H25BO2. The van der Waals surface area contributed by atoms with Gasteiger partial charge in [0, 0.05) is 0 Å². The van der Waals surface area contributed by atoms with E-state index in [1.807, 2.05) is 0 Å². The molecule has 1 aromatic rings. The summed E-state index contributed by atoms with van der Waals surface area (Å²) in [7, 11) is -0.254. The molecule has 19 heavy (non-hydrogen) atoms. The van der Waals surface area contributed by atoms with Gasteiger partial charge < -0.3 is 9.31 Å². The average Bonchev–Trinajstić information content (AvgIpc) is 2.58. The lowest BCUT2D eigenvalue weighted by Gasteiger charge is -2.32. The van der Waals surface area contributed by atoms with Gasteiger partial charge in [0.2, 0.25) is 0 Å². The van der Waals surface area contributed by atoms with Crippen molar-refractivity contribution in [1.29, 1.82) is 0 Å². The summed E-state index contributed by atoms with van der Waals surface area (Å²) in [5.74, 6) is 0.604. The van der Waals surface area contributed by atoms with Crippen molar-refractivity contribution >= 4 is 12.6 Å².